The molecule has 1 N–H and O–H groups in total. The summed E-state index contributed by atoms with van der Waals surface area (Å²) >= 11 is 0. The zero-order valence-corrected chi connectivity index (χ0v) is 16.4. The Morgan fingerprint density at radius 2 is 1.85 bits per heavy atom. The fraction of sp³-hybridized carbons (Fsp3) is 0.800. The van der Waals surface area contributed by atoms with Gasteiger partial charge in [-0.1, -0.05) is 5.16 Å². The van der Waals surface area contributed by atoms with Gasteiger partial charge >= 0.3 is 5.97 Å². The molecule has 0 aromatic carbocycles. The van der Waals surface area contributed by atoms with E-state index in [1.165, 1.54) is 5.56 Å². The van der Waals surface area contributed by atoms with Crippen molar-refractivity contribution in [3.8, 4) is 0 Å². The van der Waals surface area contributed by atoms with Gasteiger partial charge in [-0.2, -0.15) is 0 Å². The number of esters is 1. The molecular weight excluding hydrogens is 346 g/mol. The first-order chi connectivity index (χ1) is 12.9. The maximum atomic E-state index is 12.7. The first-order valence-electron chi connectivity index (χ1n) is 10.2. The third-order valence-corrected chi connectivity index (χ3v) is 6.72. The third-order valence-electron chi connectivity index (χ3n) is 6.72. The molecule has 7 nitrogen and oxygen atoms in total. The molecule has 0 saturated carbocycles. The molecule has 3 aliphatic heterocycles. The molecule has 150 valence electrons. The highest BCUT2D eigenvalue weighted by molar-refractivity contribution is 5.79. The number of rotatable bonds is 4. The zero-order valence-electron chi connectivity index (χ0n) is 16.4. The first-order valence-corrected chi connectivity index (χ1v) is 10.2. The minimum Gasteiger partial charge on any atom is -0.461 e. The number of cyclic esters (lactones) is 1. The van der Waals surface area contributed by atoms with Crippen molar-refractivity contribution in [1.29, 1.82) is 0 Å². The number of carbonyl (C=O) groups excluding carboxylic acids is 1. The average Bonchev–Trinajstić information content (AvgIpc) is 3.12. The summed E-state index contributed by atoms with van der Waals surface area (Å²) in [7, 11) is 0. The van der Waals surface area contributed by atoms with Crippen LogP contribution in [-0.4, -0.2) is 71.0 Å². The van der Waals surface area contributed by atoms with Crippen LogP contribution in [0.25, 0.3) is 0 Å². The van der Waals surface area contributed by atoms with E-state index in [4.69, 9.17) is 9.26 Å². The molecule has 3 saturated heterocycles. The molecule has 3 fully saturated rings. The van der Waals surface area contributed by atoms with E-state index in [1.807, 2.05) is 13.8 Å². The number of nitrogens with zero attached hydrogens (tertiary/aromatic N) is 3. The van der Waals surface area contributed by atoms with Crippen molar-refractivity contribution in [3.63, 3.8) is 0 Å². The van der Waals surface area contributed by atoms with E-state index in [-0.39, 0.29) is 23.6 Å². The second-order valence-electron chi connectivity index (χ2n) is 8.62. The zero-order chi connectivity index (χ0) is 19.0. The van der Waals surface area contributed by atoms with Gasteiger partial charge in [0.2, 0.25) is 0 Å². The number of aromatic nitrogens is 1. The Morgan fingerprint density at radius 3 is 2.48 bits per heavy atom. The van der Waals surface area contributed by atoms with Gasteiger partial charge < -0.3 is 14.4 Å². The molecule has 1 atom stereocenters. The predicted octanol–water partition coefficient (Wildman–Crippen LogP) is 1.65. The topological polar surface area (TPSA) is 79.0 Å². The lowest BCUT2D eigenvalue weighted by Gasteiger charge is -2.36. The molecule has 0 radical (unpaired) electrons. The SMILES string of the molecule is Cc1noc(C)c1CN1CCC2(CC1)CC(CN1CCC(O)CC1)OC2=O. The van der Waals surface area contributed by atoms with E-state index in [0.717, 1.165) is 82.8 Å². The Hall–Kier alpha value is -1.44. The van der Waals surface area contributed by atoms with Crippen LogP contribution in [0.2, 0.25) is 0 Å². The summed E-state index contributed by atoms with van der Waals surface area (Å²) < 4.78 is 11.0. The van der Waals surface area contributed by atoms with E-state index in [2.05, 4.69) is 15.0 Å². The van der Waals surface area contributed by atoms with Crippen molar-refractivity contribution in [1.82, 2.24) is 15.0 Å². The van der Waals surface area contributed by atoms with Crippen LogP contribution in [0.5, 0.6) is 0 Å². The van der Waals surface area contributed by atoms with Gasteiger partial charge in [-0.25, -0.2) is 0 Å². The number of aliphatic hydroxyl groups excluding tert-OH is 1. The summed E-state index contributed by atoms with van der Waals surface area (Å²) in [5, 5.41) is 13.7. The number of carbonyl (C=O) groups is 1. The van der Waals surface area contributed by atoms with Gasteiger partial charge in [0.05, 0.1) is 17.2 Å². The van der Waals surface area contributed by atoms with Crippen LogP contribution in [0.15, 0.2) is 4.52 Å². The first kappa shape index (κ1) is 18.9. The van der Waals surface area contributed by atoms with E-state index >= 15 is 0 Å². The van der Waals surface area contributed by atoms with Gasteiger partial charge in [0, 0.05) is 38.2 Å². The van der Waals surface area contributed by atoms with E-state index in [9.17, 15) is 9.90 Å². The summed E-state index contributed by atoms with van der Waals surface area (Å²) in [5.41, 5.74) is 1.83. The highest BCUT2D eigenvalue weighted by atomic mass is 16.6. The number of likely N-dealkylation sites (tertiary alicyclic amines) is 2. The molecular formula is C20H31N3O4. The van der Waals surface area contributed by atoms with Crippen LogP contribution in [0.1, 0.15) is 49.1 Å². The number of hydrogen-bond donors (Lipinski definition) is 1. The van der Waals surface area contributed by atoms with Crippen molar-refractivity contribution in [2.45, 2.75) is 64.7 Å². The van der Waals surface area contributed by atoms with Crippen molar-refractivity contribution in [2.75, 3.05) is 32.7 Å². The number of ether oxygens (including phenoxy) is 1. The number of hydrogen-bond acceptors (Lipinski definition) is 7. The van der Waals surface area contributed by atoms with Crippen LogP contribution in [0.4, 0.5) is 0 Å². The quantitative estimate of drug-likeness (QED) is 0.799. The molecule has 0 aliphatic carbocycles. The summed E-state index contributed by atoms with van der Waals surface area (Å²) in [6, 6.07) is 0. The maximum absolute atomic E-state index is 12.7. The highest BCUT2D eigenvalue weighted by Gasteiger charge is 2.50. The molecule has 3 aliphatic rings. The van der Waals surface area contributed by atoms with Crippen LogP contribution >= 0.6 is 0 Å². The molecule has 1 aromatic heterocycles. The van der Waals surface area contributed by atoms with Crippen molar-refractivity contribution in [2.24, 2.45) is 5.41 Å². The fourth-order valence-corrected chi connectivity index (χ4v) is 4.83. The van der Waals surface area contributed by atoms with Crippen LogP contribution in [0, 0.1) is 19.3 Å². The highest BCUT2D eigenvalue weighted by Crippen LogP contribution is 2.43. The van der Waals surface area contributed by atoms with Gasteiger partial charge in [-0.05, 0) is 52.6 Å². The second kappa shape index (κ2) is 7.53. The average molecular weight is 377 g/mol. The normalized spacial score (nSPS) is 27.4. The number of aryl methyl sites for hydroxylation is 2. The van der Waals surface area contributed by atoms with Gasteiger partial charge in [0.15, 0.2) is 0 Å². The van der Waals surface area contributed by atoms with Crippen molar-refractivity contribution >= 4 is 5.97 Å². The third kappa shape index (κ3) is 3.91. The molecule has 1 spiro atoms. The summed E-state index contributed by atoms with van der Waals surface area (Å²) in [6.45, 7) is 9.19. The predicted molar refractivity (Wildman–Crippen MR) is 99.1 cm³/mol. The van der Waals surface area contributed by atoms with E-state index < -0.39 is 0 Å². The molecule has 27 heavy (non-hydrogen) atoms. The number of piperidine rings is 2. The Morgan fingerprint density at radius 1 is 1.15 bits per heavy atom. The lowest BCUT2D eigenvalue weighted by Crippen LogP contribution is -2.42. The van der Waals surface area contributed by atoms with Crippen LogP contribution in [0.3, 0.4) is 0 Å². The lowest BCUT2D eigenvalue weighted by atomic mass is 9.76. The van der Waals surface area contributed by atoms with Crippen LogP contribution in [-0.2, 0) is 16.1 Å². The molecule has 1 unspecified atom stereocenters. The summed E-state index contributed by atoms with van der Waals surface area (Å²) in [6.07, 6.45) is 4.05. The molecule has 0 bridgehead atoms. The maximum Gasteiger partial charge on any atom is 0.312 e. The summed E-state index contributed by atoms with van der Waals surface area (Å²) in [5.74, 6) is 0.890. The number of aliphatic hydroxyl groups is 1. The Kier molecular flexibility index (Phi) is 5.27. The standard InChI is InChI=1S/C20H31N3O4/c1-14-18(15(2)27-21-14)13-23-9-5-20(6-10-23)11-17(26-19(20)25)12-22-7-3-16(24)4-8-22/h16-17,24H,3-13H2,1-2H3. The monoisotopic (exact) mass is 377 g/mol. The smallest absolute Gasteiger partial charge is 0.312 e. The lowest BCUT2D eigenvalue weighted by molar-refractivity contribution is -0.151. The Bertz CT molecular complexity index is 653. The summed E-state index contributed by atoms with van der Waals surface area (Å²) in [4.78, 5) is 17.4. The van der Waals surface area contributed by atoms with Crippen molar-refractivity contribution < 1.29 is 19.2 Å². The molecule has 1 aromatic rings. The fourth-order valence-electron chi connectivity index (χ4n) is 4.83. The van der Waals surface area contributed by atoms with E-state index in [0.29, 0.717) is 0 Å². The van der Waals surface area contributed by atoms with E-state index in [1.54, 1.807) is 0 Å². The molecule has 0 amide bonds. The molecule has 4 rings (SSSR count). The van der Waals surface area contributed by atoms with Gasteiger partial charge in [0.1, 0.15) is 11.9 Å². The van der Waals surface area contributed by atoms with Crippen LogP contribution < -0.4 is 0 Å². The largest absolute Gasteiger partial charge is 0.461 e. The van der Waals surface area contributed by atoms with Gasteiger partial charge in [0.25, 0.3) is 0 Å². The Balaban J connectivity index is 1.30. The van der Waals surface area contributed by atoms with Gasteiger partial charge in [-0.3, -0.25) is 14.6 Å². The Labute approximate surface area is 160 Å². The molecule has 4 heterocycles. The minimum atomic E-state index is -0.296. The van der Waals surface area contributed by atoms with Gasteiger partial charge in [-0.15, -0.1) is 0 Å². The molecule has 7 heteroatoms. The second-order valence-corrected chi connectivity index (χ2v) is 8.62. The minimum absolute atomic E-state index is 0.00142. The van der Waals surface area contributed by atoms with Crippen molar-refractivity contribution in [3.05, 3.63) is 17.0 Å².